The maximum Gasteiger partial charge on any atom is 0.308 e. The van der Waals surface area contributed by atoms with Gasteiger partial charge in [0, 0.05) is 6.92 Å². The van der Waals surface area contributed by atoms with Crippen LogP contribution in [0.2, 0.25) is 5.02 Å². The predicted molar refractivity (Wildman–Crippen MR) is 120 cm³/mol. The molecule has 1 aliphatic rings. The zero-order chi connectivity index (χ0) is 23.3. The molecule has 0 atom stereocenters. The van der Waals surface area contributed by atoms with Gasteiger partial charge in [-0.2, -0.15) is 0 Å². The average Bonchev–Trinajstić information content (AvgIpc) is 3.02. The second-order valence-corrected chi connectivity index (χ2v) is 7.86. The van der Waals surface area contributed by atoms with Crippen molar-refractivity contribution in [2.24, 2.45) is 0 Å². The number of methoxy groups -OCH3 is 2. The third-order valence-electron chi connectivity index (χ3n) is 4.31. The number of rotatable bonds is 8. The van der Waals surface area contributed by atoms with E-state index in [2.05, 4.69) is 0 Å². The topological polar surface area (TPSA) is 91.4 Å². The van der Waals surface area contributed by atoms with Crippen LogP contribution in [-0.4, -0.2) is 49.4 Å². The summed E-state index contributed by atoms with van der Waals surface area (Å²) in [6.45, 7) is 1.44. The third-order valence-corrected chi connectivity index (χ3v) is 5.53. The Morgan fingerprint density at radius 1 is 1.09 bits per heavy atom. The lowest BCUT2D eigenvalue weighted by Crippen LogP contribution is -2.32. The van der Waals surface area contributed by atoms with E-state index >= 15 is 0 Å². The molecule has 1 aliphatic heterocycles. The minimum Gasteiger partial charge on any atom is -0.493 e. The molecule has 32 heavy (non-hydrogen) atoms. The molecule has 0 unspecified atom stereocenters. The molecule has 0 radical (unpaired) electrons. The van der Waals surface area contributed by atoms with E-state index in [1.807, 2.05) is 0 Å². The first-order chi connectivity index (χ1) is 15.3. The number of ether oxygens (including phenoxy) is 4. The molecular weight excluding hydrogens is 458 g/mol. The normalized spacial score (nSPS) is 14.6. The van der Waals surface area contributed by atoms with Crippen LogP contribution in [0.4, 0.5) is 4.79 Å². The summed E-state index contributed by atoms with van der Waals surface area (Å²) in [7, 11) is 2.83. The van der Waals surface area contributed by atoms with Gasteiger partial charge in [0.2, 0.25) is 5.75 Å². The van der Waals surface area contributed by atoms with Gasteiger partial charge in [0.05, 0.1) is 30.7 Å². The Morgan fingerprint density at radius 3 is 2.34 bits per heavy atom. The van der Waals surface area contributed by atoms with E-state index in [4.69, 9.17) is 30.5 Å². The van der Waals surface area contributed by atoms with Crippen molar-refractivity contribution < 1.29 is 33.3 Å². The Hall–Kier alpha value is -3.17. The number of hydrogen-bond donors (Lipinski definition) is 0. The van der Waals surface area contributed by atoms with Crippen molar-refractivity contribution in [3.05, 3.63) is 51.9 Å². The summed E-state index contributed by atoms with van der Waals surface area (Å²) >= 11 is 6.86. The third kappa shape index (κ3) is 5.35. The number of benzene rings is 2. The highest BCUT2D eigenvalue weighted by atomic mass is 35.5. The first-order valence-corrected chi connectivity index (χ1v) is 10.6. The Labute approximate surface area is 194 Å². The fraction of sp³-hybridized carbons (Fsp3) is 0.227. The summed E-state index contributed by atoms with van der Waals surface area (Å²) < 4.78 is 21.3. The molecule has 0 bridgehead atoms. The number of amides is 2. The fourth-order valence-electron chi connectivity index (χ4n) is 2.88. The first-order valence-electron chi connectivity index (χ1n) is 9.41. The van der Waals surface area contributed by atoms with Crippen molar-refractivity contribution in [1.82, 2.24) is 4.90 Å². The standard InChI is InChI=1S/C22H20ClNO7S/c1-13(25)31-20-17(28-2)10-14(11-18(20)29-3)12-19-21(26)24(22(27)32-19)8-9-30-16-7-5-4-6-15(16)23/h4-7,10-12H,8-9H2,1-3H3/b19-12-. The second kappa shape index (κ2) is 10.4. The average molecular weight is 478 g/mol. The Morgan fingerprint density at radius 2 is 1.75 bits per heavy atom. The van der Waals surface area contributed by atoms with Crippen LogP contribution in [0, 0.1) is 0 Å². The number of imide groups is 1. The van der Waals surface area contributed by atoms with Crippen molar-refractivity contribution in [1.29, 1.82) is 0 Å². The number of hydrogen-bond acceptors (Lipinski definition) is 8. The lowest BCUT2D eigenvalue weighted by atomic mass is 10.1. The monoisotopic (exact) mass is 477 g/mol. The molecule has 2 aromatic rings. The summed E-state index contributed by atoms with van der Waals surface area (Å²) in [5.41, 5.74) is 0.535. The van der Waals surface area contributed by atoms with Gasteiger partial charge in [0.1, 0.15) is 12.4 Å². The zero-order valence-corrected chi connectivity index (χ0v) is 19.1. The highest BCUT2D eigenvalue weighted by Crippen LogP contribution is 2.40. The van der Waals surface area contributed by atoms with Gasteiger partial charge in [0.25, 0.3) is 11.1 Å². The highest BCUT2D eigenvalue weighted by molar-refractivity contribution is 8.18. The van der Waals surface area contributed by atoms with E-state index in [1.54, 1.807) is 42.5 Å². The summed E-state index contributed by atoms with van der Waals surface area (Å²) in [4.78, 5) is 37.8. The van der Waals surface area contributed by atoms with Crippen molar-refractivity contribution in [3.63, 3.8) is 0 Å². The lowest BCUT2D eigenvalue weighted by Gasteiger charge is -2.14. The largest absolute Gasteiger partial charge is 0.493 e. The van der Waals surface area contributed by atoms with Gasteiger partial charge in [-0.05, 0) is 47.7 Å². The number of nitrogens with zero attached hydrogens (tertiary/aromatic N) is 1. The molecule has 10 heteroatoms. The molecule has 0 spiro atoms. The maximum atomic E-state index is 12.8. The molecule has 0 N–H and O–H groups in total. The fourth-order valence-corrected chi connectivity index (χ4v) is 3.94. The van der Waals surface area contributed by atoms with E-state index < -0.39 is 17.1 Å². The molecule has 0 aromatic heterocycles. The van der Waals surface area contributed by atoms with Gasteiger partial charge in [-0.3, -0.25) is 19.3 Å². The number of carbonyl (C=O) groups excluding carboxylic acids is 3. The van der Waals surface area contributed by atoms with Gasteiger partial charge in [0.15, 0.2) is 11.5 Å². The lowest BCUT2D eigenvalue weighted by molar-refractivity contribution is -0.132. The van der Waals surface area contributed by atoms with E-state index in [1.165, 1.54) is 21.1 Å². The number of para-hydroxylation sites is 1. The molecule has 2 aromatic carbocycles. The van der Waals surface area contributed by atoms with Crippen LogP contribution < -0.4 is 18.9 Å². The molecule has 1 heterocycles. The summed E-state index contributed by atoms with van der Waals surface area (Å²) in [6, 6.07) is 10.1. The van der Waals surface area contributed by atoms with Crippen molar-refractivity contribution in [2.75, 3.05) is 27.4 Å². The first kappa shape index (κ1) is 23.5. The summed E-state index contributed by atoms with van der Waals surface area (Å²) in [5, 5.41) is 0.0427. The van der Waals surface area contributed by atoms with Crippen molar-refractivity contribution in [3.8, 4) is 23.0 Å². The summed E-state index contributed by atoms with van der Waals surface area (Å²) in [5.74, 6) is 0.129. The quantitative estimate of drug-likeness (QED) is 0.314. The minimum atomic E-state index is -0.533. The van der Waals surface area contributed by atoms with Gasteiger partial charge >= 0.3 is 5.97 Å². The van der Waals surface area contributed by atoms with Crippen LogP contribution in [0.25, 0.3) is 6.08 Å². The SMILES string of the molecule is COc1cc(/C=C2\SC(=O)N(CCOc3ccccc3Cl)C2=O)cc(OC)c1OC(C)=O. The number of esters is 1. The van der Waals surface area contributed by atoms with Gasteiger partial charge in [-0.15, -0.1) is 0 Å². The molecule has 168 valence electrons. The van der Waals surface area contributed by atoms with Crippen molar-refractivity contribution in [2.45, 2.75) is 6.92 Å². The van der Waals surface area contributed by atoms with Crippen LogP contribution >= 0.6 is 23.4 Å². The van der Waals surface area contributed by atoms with Crippen LogP contribution in [0.1, 0.15) is 12.5 Å². The van der Waals surface area contributed by atoms with E-state index in [0.717, 1.165) is 16.7 Å². The molecule has 1 saturated heterocycles. The molecule has 2 amide bonds. The van der Waals surface area contributed by atoms with E-state index in [9.17, 15) is 14.4 Å². The Bertz CT molecular complexity index is 1060. The number of halogens is 1. The smallest absolute Gasteiger partial charge is 0.308 e. The molecular formula is C22H20ClNO7S. The highest BCUT2D eigenvalue weighted by Gasteiger charge is 2.35. The van der Waals surface area contributed by atoms with Crippen LogP contribution in [0.3, 0.4) is 0 Å². The van der Waals surface area contributed by atoms with Crippen LogP contribution in [-0.2, 0) is 9.59 Å². The van der Waals surface area contributed by atoms with E-state index in [0.29, 0.717) is 16.3 Å². The molecule has 1 fully saturated rings. The molecule has 0 aliphatic carbocycles. The van der Waals surface area contributed by atoms with Crippen molar-refractivity contribution >= 4 is 46.6 Å². The number of carbonyl (C=O) groups is 3. The molecule has 0 saturated carbocycles. The van der Waals surface area contributed by atoms with Gasteiger partial charge in [-0.1, -0.05) is 23.7 Å². The van der Waals surface area contributed by atoms with Gasteiger partial charge < -0.3 is 18.9 Å². The molecule has 3 rings (SSSR count). The Balaban J connectivity index is 1.76. The van der Waals surface area contributed by atoms with Gasteiger partial charge in [-0.25, -0.2) is 0 Å². The zero-order valence-electron chi connectivity index (χ0n) is 17.5. The second-order valence-electron chi connectivity index (χ2n) is 6.46. The maximum absolute atomic E-state index is 12.8. The Kier molecular flexibility index (Phi) is 7.66. The van der Waals surface area contributed by atoms with Crippen LogP contribution in [0.15, 0.2) is 41.3 Å². The predicted octanol–water partition coefficient (Wildman–Crippen LogP) is 4.40. The number of thioether (sulfide) groups is 1. The van der Waals surface area contributed by atoms with E-state index in [-0.39, 0.29) is 35.3 Å². The summed E-state index contributed by atoms with van der Waals surface area (Å²) in [6.07, 6.45) is 1.54. The molecule has 8 nitrogen and oxygen atoms in total. The minimum absolute atomic E-state index is 0.0747. The van der Waals surface area contributed by atoms with Crippen LogP contribution in [0.5, 0.6) is 23.0 Å².